The standard InChI is InChI=1S/C22H38N4O2/c27-21(15-18-5-1-2-6-18)23-19-9-10-24(16-19)17-22(28)26-13-11-25(12-14-26)20-7-3-4-8-20/h18-20H,1-17H2,(H,23,27). The molecular weight excluding hydrogens is 352 g/mol. The maximum absolute atomic E-state index is 12.7. The molecule has 4 fully saturated rings. The highest BCUT2D eigenvalue weighted by Gasteiger charge is 2.30. The average molecular weight is 391 g/mol. The lowest BCUT2D eigenvalue weighted by Crippen LogP contribution is -2.53. The van der Waals surface area contributed by atoms with Crippen LogP contribution >= 0.6 is 0 Å². The predicted octanol–water partition coefficient (Wildman–Crippen LogP) is 1.84. The van der Waals surface area contributed by atoms with E-state index in [-0.39, 0.29) is 17.9 Å². The van der Waals surface area contributed by atoms with Gasteiger partial charge in [0.25, 0.3) is 0 Å². The second-order valence-electron chi connectivity index (χ2n) is 9.50. The van der Waals surface area contributed by atoms with E-state index in [9.17, 15) is 9.59 Å². The Balaban J connectivity index is 1.14. The topological polar surface area (TPSA) is 55.9 Å². The molecule has 1 unspecified atom stereocenters. The summed E-state index contributed by atoms with van der Waals surface area (Å²) in [6.45, 7) is 6.09. The number of nitrogens with zero attached hydrogens (tertiary/aromatic N) is 3. The first-order chi connectivity index (χ1) is 13.7. The molecule has 0 aromatic carbocycles. The molecule has 2 saturated carbocycles. The van der Waals surface area contributed by atoms with Crippen molar-refractivity contribution in [2.24, 2.45) is 5.92 Å². The Hall–Kier alpha value is -1.14. The number of carbonyl (C=O) groups excluding carboxylic acids is 2. The van der Waals surface area contributed by atoms with Gasteiger partial charge in [0.2, 0.25) is 11.8 Å². The van der Waals surface area contributed by atoms with E-state index in [4.69, 9.17) is 0 Å². The number of hydrogen-bond acceptors (Lipinski definition) is 4. The lowest BCUT2D eigenvalue weighted by molar-refractivity contribution is -0.134. The number of hydrogen-bond donors (Lipinski definition) is 1. The highest BCUT2D eigenvalue weighted by molar-refractivity contribution is 5.78. The van der Waals surface area contributed by atoms with E-state index in [1.807, 2.05) is 0 Å². The molecular formula is C22H38N4O2. The third kappa shape index (κ3) is 5.26. The normalized spacial score (nSPS) is 28.3. The number of amides is 2. The van der Waals surface area contributed by atoms with Gasteiger partial charge in [-0.05, 0) is 38.0 Å². The van der Waals surface area contributed by atoms with Crippen LogP contribution in [-0.2, 0) is 9.59 Å². The monoisotopic (exact) mass is 390 g/mol. The minimum absolute atomic E-state index is 0.216. The minimum Gasteiger partial charge on any atom is -0.352 e. The van der Waals surface area contributed by atoms with Crippen LogP contribution in [0, 0.1) is 5.92 Å². The number of carbonyl (C=O) groups is 2. The summed E-state index contributed by atoms with van der Waals surface area (Å²) in [6, 6.07) is 0.991. The van der Waals surface area contributed by atoms with Crippen molar-refractivity contribution >= 4 is 11.8 Å². The fourth-order valence-corrected chi connectivity index (χ4v) is 5.75. The first-order valence-electron chi connectivity index (χ1n) is 11.7. The van der Waals surface area contributed by atoms with Gasteiger partial charge < -0.3 is 10.2 Å². The molecule has 2 aliphatic carbocycles. The van der Waals surface area contributed by atoms with Crippen molar-refractivity contribution in [3.63, 3.8) is 0 Å². The zero-order valence-corrected chi connectivity index (χ0v) is 17.4. The zero-order chi connectivity index (χ0) is 19.3. The molecule has 0 aromatic heterocycles. The third-order valence-electron chi connectivity index (χ3n) is 7.45. The SMILES string of the molecule is O=C(CC1CCCC1)NC1CCN(CC(=O)N2CCN(C3CCCC3)CC2)C1. The van der Waals surface area contributed by atoms with E-state index in [1.165, 1.54) is 51.4 Å². The van der Waals surface area contributed by atoms with Crippen molar-refractivity contribution < 1.29 is 9.59 Å². The van der Waals surface area contributed by atoms with Gasteiger partial charge in [-0.25, -0.2) is 0 Å². The van der Waals surface area contributed by atoms with Crippen LogP contribution in [0.3, 0.4) is 0 Å². The molecule has 1 N–H and O–H groups in total. The summed E-state index contributed by atoms with van der Waals surface area (Å²) in [5.41, 5.74) is 0. The van der Waals surface area contributed by atoms with Gasteiger partial charge in [0.15, 0.2) is 0 Å². The quantitative estimate of drug-likeness (QED) is 0.752. The lowest BCUT2D eigenvalue weighted by Gasteiger charge is -2.38. The van der Waals surface area contributed by atoms with Crippen molar-refractivity contribution in [2.75, 3.05) is 45.8 Å². The Kier molecular flexibility index (Phi) is 6.89. The molecule has 1 atom stereocenters. The zero-order valence-electron chi connectivity index (χ0n) is 17.4. The first kappa shape index (κ1) is 20.1. The van der Waals surface area contributed by atoms with Crippen molar-refractivity contribution in [3.05, 3.63) is 0 Å². The number of rotatable bonds is 6. The summed E-state index contributed by atoms with van der Waals surface area (Å²) in [7, 11) is 0. The van der Waals surface area contributed by atoms with Crippen molar-refractivity contribution in [2.45, 2.75) is 76.3 Å². The van der Waals surface area contributed by atoms with Gasteiger partial charge >= 0.3 is 0 Å². The molecule has 6 heteroatoms. The molecule has 2 saturated heterocycles. The summed E-state index contributed by atoms with van der Waals surface area (Å²) in [4.78, 5) is 31.9. The van der Waals surface area contributed by atoms with E-state index in [0.29, 0.717) is 18.9 Å². The van der Waals surface area contributed by atoms with Crippen LogP contribution in [0.5, 0.6) is 0 Å². The van der Waals surface area contributed by atoms with E-state index < -0.39 is 0 Å². The molecule has 0 bridgehead atoms. The molecule has 0 aromatic rings. The Labute approximate surface area is 170 Å². The maximum Gasteiger partial charge on any atom is 0.236 e. The Bertz CT molecular complexity index is 535. The molecule has 6 nitrogen and oxygen atoms in total. The van der Waals surface area contributed by atoms with Crippen LogP contribution < -0.4 is 5.32 Å². The van der Waals surface area contributed by atoms with Crippen molar-refractivity contribution in [1.29, 1.82) is 0 Å². The van der Waals surface area contributed by atoms with Gasteiger partial charge in [-0.3, -0.25) is 19.4 Å². The molecule has 4 rings (SSSR count). The van der Waals surface area contributed by atoms with Gasteiger partial charge in [-0.1, -0.05) is 25.7 Å². The van der Waals surface area contributed by atoms with Crippen LogP contribution in [0.15, 0.2) is 0 Å². The predicted molar refractivity (Wildman–Crippen MR) is 110 cm³/mol. The van der Waals surface area contributed by atoms with Crippen molar-refractivity contribution in [3.8, 4) is 0 Å². The molecule has 4 aliphatic rings. The van der Waals surface area contributed by atoms with Crippen LogP contribution in [0.4, 0.5) is 0 Å². The summed E-state index contributed by atoms with van der Waals surface area (Å²) in [6.07, 6.45) is 12.1. The summed E-state index contributed by atoms with van der Waals surface area (Å²) in [5.74, 6) is 1.08. The molecule has 28 heavy (non-hydrogen) atoms. The van der Waals surface area contributed by atoms with Crippen molar-refractivity contribution in [1.82, 2.24) is 20.0 Å². The maximum atomic E-state index is 12.7. The molecule has 2 heterocycles. The Morgan fingerprint density at radius 1 is 0.821 bits per heavy atom. The molecule has 158 valence electrons. The van der Waals surface area contributed by atoms with Gasteiger partial charge in [0, 0.05) is 57.8 Å². The van der Waals surface area contributed by atoms with E-state index >= 15 is 0 Å². The van der Waals surface area contributed by atoms with E-state index in [2.05, 4.69) is 20.0 Å². The fraction of sp³-hybridized carbons (Fsp3) is 0.909. The van der Waals surface area contributed by atoms with Crippen LogP contribution in [0.25, 0.3) is 0 Å². The molecule has 0 spiro atoms. The Morgan fingerprint density at radius 2 is 1.50 bits per heavy atom. The largest absolute Gasteiger partial charge is 0.352 e. The van der Waals surface area contributed by atoms with Crippen LogP contribution in [-0.4, -0.2) is 84.4 Å². The summed E-state index contributed by atoms with van der Waals surface area (Å²) < 4.78 is 0. The lowest BCUT2D eigenvalue weighted by atomic mass is 10.0. The second-order valence-corrected chi connectivity index (χ2v) is 9.50. The smallest absolute Gasteiger partial charge is 0.236 e. The van der Waals surface area contributed by atoms with Gasteiger partial charge in [0.1, 0.15) is 0 Å². The highest BCUT2D eigenvalue weighted by atomic mass is 16.2. The third-order valence-corrected chi connectivity index (χ3v) is 7.45. The Morgan fingerprint density at radius 3 is 2.21 bits per heavy atom. The highest BCUT2D eigenvalue weighted by Crippen LogP contribution is 2.27. The van der Waals surface area contributed by atoms with Crippen LogP contribution in [0.2, 0.25) is 0 Å². The number of piperazine rings is 1. The average Bonchev–Trinajstić information content (AvgIpc) is 3.45. The van der Waals surface area contributed by atoms with E-state index in [0.717, 1.165) is 51.7 Å². The first-order valence-corrected chi connectivity index (χ1v) is 11.7. The molecule has 2 amide bonds. The number of likely N-dealkylation sites (tertiary alicyclic amines) is 1. The second kappa shape index (κ2) is 9.57. The fourth-order valence-electron chi connectivity index (χ4n) is 5.75. The molecule has 2 aliphatic heterocycles. The van der Waals surface area contributed by atoms with E-state index in [1.54, 1.807) is 0 Å². The van der Waals surface area contributed by atoms with Gasteiger partial charge in [0.05, 0.1) is 6.54 Å². The molecule has 0 radical (unpaired) electrons. The summed E-state index contributed by atoms with van der Waals surface area (Å²) in [5, 5.41) is 3.21. The van der Waals surface area contributed by atoms with Crippen LogP contribution in [0.1, 0.15) is 64.2 Å². The summed E-state index contributed by atoms with van der Waals surface area (Å²) >= 11 is 0. The number of nitrogens with one attached hydrogen (secondary N) is 1. The van der Waals surface area contributed by atoms with Gasteiger partial charge in [-0.15, -0.1) is 0 Å². The van der Waals surface area contributed by atoms with Gasteiger partial charge in [-0.2, -0.15) is 0 Å². The minimum atomic E-state index is 0.216.